The molecule has 0 aliphatic carbocycles. The van der Waals surface area contributed by atoms with E-state index in [0.717, 1.165) is 0 Å². The molecule has 0 bridgehead atoms. The Balaban J connectivity index is 3.16. The van der Waals surface area contributed by atoms with Crippen LogP contribution in [-0.2, 0) is 12.7 Å². The van der Waals surface area contributed by atoms with E-state index in [1.165, 1.54) is 6.92 Å². The van der Waals surface area contributed by atoms with Gasteiger partial charge in [0.1, 0.15) is 0 Å². The molecule has 3 N–H and O–H groups in total. The summed E-state index contributed by atoms with van der Waals surface area (Å²) >= 11 is 0. The summed E-state index contributed by atoms with van der Waals surface area (Å²) in [6.45, 7) is 1.35. The maximum atomic E-state index is 12.1. The summed E-state index contributed by atoms with van der Waals surface area (Å²) in [7, 11) is 0. The van der Waals surface area contributed by atoms with Gasteiger partial charge < -0.3 is 5.73 Å². The summed E-state index contributed by atoms with van der Waals surface area (Å²) in [5, 5.41) is 5.37. The van der Waals surface area contributed by atoms with Crippen molar-refractivity contribution in [3.05, 3.63) is 17.0 Å². The Morgan fingerprint density at radius 3 is 2.42 bits per heavy atom. The number of rotatable bonds is 1. The lowest BCUT2D eigenvalue weighted by molar-refractivity contribution is -0.141. The topological polar surface area (TPSA) is 54.7 Å². The SMILES string of the molecule is Cc1[nH]nc(C(F)(F)F)c1CN. The third kappa shape index (κ3) is 1.42. The van der Waals surface area contributed by atoms with Gasteiger partial charge in [0.15, 0.2) is 5.69 Å². The van der Waals surface area contributed by atoms with Crippen LogP contribution >= 0.6 is 0 Å². The van der Waals surface area contributed by atoms with Crippen molar-refractivity contribution in [3.63, 3.8) is 0 Å². The molecule has 1 aromatic rings. The predicted molar refractivity (Wildman–Crippen MR) is 36.2 cm³/mol. The number of aromatic nitrogens is 2. The molecule has 68 valence electrons. The zero-order valence-corrected chi connectivity index (χ0v) is 6.37. The summed E-state index contributed by atoms with van der Waals surface area (Å²) < 4.78 is 36.3. The van der Waals surface area contributed by atoms with Crippen LogP contribution in [0.3, 0.4) is 0 Å². The van der Waals surface area contributed by atoms with Crippen LogP contribution in [0.1, 0.15) is 17.0 Å². The molecule has 0 radical (unpaired) electrons. The Morgan fingerprint density at radius 1 is 1.50 bits per heavy atom. The number of nitrogens with zero attached hydrogens (tertiary/aromatic N) is 1. The molecule has 0 fully saturated rings. The molecule has 1 heterocycles. The van der Waals surface area contributed by atoms with Crippen molar-refractivity contribution in [1.29, 1.82) is 0 Å². The fourth-order valence-corrected chi connectivity index (χ4v) is 0.937. The zero-order chi connectivity index (χ0) is 9.35. The summed E-state index contributed by atoms with van der Waals surface area (Å²) in [6, 6.07) is 0. The molecule has 3 nitrogen and oxygen atoms in total. The number of hydrogen-bond donors (Lipinski definition) is 2. The lowest BCUT2D eigenvalue weighted by Gasteiger charge is -2.04. The molecule has 0 amide bonds. The average molecular weight is 179 g/mol. The highest BCUT2D eigenvalue weighted by Crippen LogP contribution is 2.30. The molecule has 1 rings (SSSR count). The lowest BCUT2D eigenvalue weighted by atomic mass is 10.2. The standard InChI is InChI=1S/C6H8F3N3/c1-3-4(2-10)5(12-11-3)6(7,8)9/h2,10H2,1H3,(H,11,12). The summed E-state index contributed by atoms with van der Waals surface area (Å²) in [5.41, 5.74) is 4.61. The third-order valence-electron chi connectivity index (χ3n) is 1.55. The van der Waals surface area contributed by atoms with Crippen LogP contribution in [-0.4, -0.2) is 10.2 Å². The first-order chi connectivity index (χ1) is 5.46. The highest BCUT2D eigenvalue weighted by Gasteiger charge is 2.36. The number of nitrogens with one attached hydrogen (secondary N) is 1. The first-order valence-corrected chi connectivity index (χ1v) is 3.28. The van der Waals surface area contributed by atoms with Gasteiger partial charge in [-0.1, -0.05) is 0 Å². The van der Waals surface area contributed by atoms with E-state index in [-0.39, 0.29) is 12.1 Å². The minimum Gasteiger partial charge on any atom is -0.326 e. The molecule has 0 unspecified atom stereocenters. The van der Waals surface area contributed by atoms with Crippen LogP contribution in [0.25, 0.3) is 0 Å². The van der Waals surface area contributed by atoms with Crippen LogP contribution in [0.4, 0.5) is 13.2 Å². The number of H-pyrrole nitrogens is 1. The zero-order valence-electron chi connectivity index (χ0n) is 6.37. The van der Waals surface area contributed by atoms with Crippen molar-refractivity contribution in [2.75, 3.05) is 0 Å². The molecule has 0 aliphatic rings. The van der Waals surface area contributed by atoms with Gasteiger partial charge in [0.25, 0.3) is 0 Å². The molecule has 0 aromatic carbocycles. The fraction of sp³-hybridized carbons (Fsp3) is 0.500. The van der Waals surface area contributed by atoms with Crippen molar-refractivity contribution < 1.29 is 13.2 Å². The quantitative estimate of drug-likeness (QED) is 0.680. The summed E-state index contributed by atoms with van der Waals surface area (Å²) in [4.78, 5) is 0. The van der Waals surface area contributed by atoms with Gasteiger partial charge in [-0.15, -0.1) is 0 Å². The van der Waals surface area contributed by atoms with Crippen molar-refractivity contribution in [3.8, 4) is 0 Å². The van der Waals surface area contributed by atoms with Crippen LogP contribution < -0.4 is 5.73 Å². The van der Waals surface area contributed by atoms with E-state index in [4.69, 9.17) is 5.73 Å². The first-order valence-electron chi connectivity index (χ1n) is 3.28. The molecule has 12 heavy (non-hydrogen) atoms. The number of nitrogens with two attached hydrogens (primary N) is 1. The lowest BCUT2D eigenvalue weighted by Crippen LogP contribution is -2.11. The third-order valence-corrected chi connectivity index (χ3v) is 1.55. The average Bonchev–Trinajstić information content (AvgIpc) is 2.29. The molecule has 0 aliphatic heterocycles. The van der Waals surface area contributed by atoms with E-state index >= 15 is 0 Å². The van der Waals surface area contributed by atoms with Gasteiger partial charge in [-0.3, -0.25) is 5.10 Å². The van der Waals surface area contributed by atoms with Crippen molar-refractivity contribution >= 4 is 0 Å². The smallest absolute Gasteiger partial charge is 0.326 e. The Bertz CT molecular complexity index is 276. The van der Waals surface area contributed by atoms with Crippen LogP contribution in [0.5, 0.6) is 0 Å². The van der Waals surface area contributed by atoms with E-state index in [9.17, 15) is 13.2 Å². The molecular weight excluding hydrogens is 171 g/mol. The van der Waals surface area contributed by atoms with Crippen LogP contribution in [0.2, 0.25) is 0 Å². The number of halogens is 3. The minimum atomic E-state index is -4.42. The van der Waals surface area contributed by atoms with Crippen molar-refractivity contribution in [1.82, 2.24) is 10.2 Å². The number of aromatic amines is 1. The maximum Gasteiger partial charge on any atom is 0.435 e. The number of hydrogen-bond acceptors (Lipinski definition) is 2. The van der Waals surface area contributed by atoms with E-state index in [1.807, 2.05) is 0 Å². The Morgan fingerprint density at radius 2 is 2.08 bits per heavy atom. The van der Waals surface area contributed by atoms with Gasteiger partial charge in [-0.05, 0) is 6.92 Å². The molecule has 0 spiro atoms. The van der Waals surface area contributed by atoms with Gasteiger partial charge >= 0.3 is 6.18 Å². The largest absolute Gasteiger partial charge is 0.435 e. The maximum absolute atomic E-state index is 12.1. The van der Waals surface area contributed by atoms with Crippen molar-refractivity contribution in [2.45, 2.75) is 19.6 Å². The van der Waals surface area contributed by atoms with E-state index in [0.29, 0.717) is 5.69 Å². The van der Waals surface area contributed by atoms with Gasteiger partial charge in [0.05, 0.1) is 0 Å². The number of aryl methyl sites for hydroxylation is 1. The number of alkyl halides is 3. The van der Waals surface area contributed by atoms with Gasteiger partial charge in [-0.25, -0.2) is 0 Å². The van der Waals surface area contributed by atoms with E-state index in [2.05, 4.69) is 10.2 Å². The van der Waals surface area contributed by atoms with Crippen molar-refractivity contribution in [2.24, 2.45) is 5.73 Å². The molecule has 6 heteroatoms. The molecule has 1 aromatic heterocycles. The molecule has 0 saturated heterocycles. The summed E-state index contributed by atoms with van der Waals surface area (Å²) in [5.74, 6) is 0. The normalized spacial score (nSPS) is 12.1. The second-order valence-electron chi connectivity index (χ2n) is 2.38. The summed E-state index contributed by atoms with van der Waals surface area (Å²) in [6.07, 6.45) is -4.42. The second kappa shape index (κ2) is 2.78. The van der Waals surface area contributed by atoms with Gasteiger partial charge in [-0.2, -0.15) is 18.3 Å². The van der Waals surface area contributed by atoms with E-state index in [1.54, 1.807) is 0 Å². The van der Waals surface area contributed by atoms with Crippen LogP contribution in [0.15, 0.2) is 0 Å². The monoisotopic (exact) mass is 179 g/mol. The minimum absolute atomic E-state index is 0.0301. The second-order valence-corrected chi connectivity index (χ2v) is 2.38. The van der Waals surface area contributed by atoms with Gasteiger partial charge in [0, 0.05) is 17.8 Å². The first kappa shape index (κ1) is 9.05. The van der Waals surface area contributed by atoms with Crippen LogP contribution in [0, 0.1) is 6.92 Å². The Hall–Kier alpha value is -1.04. The van der Waals surface area contributed by atoms with E-state index < -0.39 is 11.9 Å². The molecule has 0 saturated carbocycles. The Labute approximate surface area is 66.8 Å². The highest BCUT2D eigenvalue weighted by molar-refractivity contribution is 5.26. The molecular formula is C6H8F3N3. The van der Waals surface area contributed by atoms with Gasteiger partial charge in [0.2, 0.25) is 0 Å². The predicted octanol–water partition coefficient (Wildman–Crippen LogP) is 1.20. The fourth-order valence-electron chi connectivity index (χ4n) is 0.937. The molecule has 0 atom stereocenters. The highest BCUT2D eigenvalue weighted by atomic mass is 19.4. The Kier molecular flexibility index (Phi) is 2.10.